The van der Waals surface area contributed by atoms with Crippen LogP contribution in [-0.2, 0) is 13.6 Å². The van der Waals surface area contributed by atoms with E-state index in [-0.39, 0.29) is 0 Å². The van der Waals surface area contributed by atoms with Gasteiger partial charge in [-0.15, -0.1) is 0 Å². The third-order valence-electron chi connectivity index (χ3n) is 5.28. The zero-order chi connectivity index (χ0) is 25.5. The highest BCUT2D eigenvalue weighted by atomic mass is 16.5. The summed E-state index contributed by atoms with van der Waals surface area (Å²) in [5.41, 5.74) is 7.68. The second-order valence-corrected chi connectivity index (χ2v) is 7.63. The van der Waals surface area contributed by atoms with Gasteiger partial charge in [-0.25, -0.2) is 19.5 Å². The highest BCUT2D eigenvalue weighted by Crippen LogP contribution is 2.33. The van der Waals surface area contributed by atoms with Crippen molar-refractivity contribution in [3.8, 4) is 28.8 Å². The summed E-state index contributed by atoms with van der Waals surface area (Å²) in [4.78, 5) is 19.8. The van der Waals surface area contributed by atoms with E-state index in [1.54, 1.807) is 54.7 Å². The second kappa shape index (κ2) is 10.8. The van der Waals surface area contributed by atoms with Crippen LogP contribution < -0.4 is 10.5 Å². The molecule has 2 amide bonds. The first-order valence-corrected chi connectivity index (χ1v) is 10.9. The van der Waals surface area contributed by atoms with Crippen molar-refractivity contribution in [3.05, 3.63) is 78.9 Å². The van der Waals surface area contributed by atoms with Gasteiger partial charge in [-0.05, 0) is 30.3 Å². The van der Waals surface area contributed by atoms with E-state index < -0.39 is 6.03 Å². The summed E-state index contributed by atoms with van der Waals surface area (Å²) >= 11 is 0. The number of hydrogen-bond donors (Lipinski definition) is 1. The molecule has 182 valence electrons. The Bertz CT molecular complexity index is 1440. The van der Waals surface area contributed by atoms with Crippen LogP contribution in [0.4, 0.5) is 4.79 Å². The fourth-order valence-corrected chi connectivity index (χ4v) is 3.45. The van der Waals surface area contributed by atoms with Crippen LogP contribution in [0.1, 0.15) is 11.4 Å². The maximum atomic E-state index is 10.4. The Balaban J connectivity index is 0.000000286. The Morgan fingerprint density at radius 3 is 2.72 bits per heavy atom. The van der Waals surface area contributed by atoms with E-state index >= 15 is 0 Å². The summed E-state index contributed by atoms with van der Waals surface area (Å²) in [6, 6.07) is 8.82. The number of aryl methyl sites for hydroxylation is 1. The van der Waals surface area contributed by atoms with Crippen molar-refractivity contribution in [2.24, 2.45) is 17.8 Å². The number of nitrogens with two attached hydrogens (primary N) is 1. The first-order valence-electron chi connectivity index (χ1n) is 10.9. The summed E-state index contributed by atoms with van der Waals surface area (Å²) < 4.78 is 11.0. The van der Waals surface area contributed by atoms with Crippen LogP contribution in [0.3, 0.4) is 0 Å². The molecule has 0 atom stereocenters. The van der Waals surface area contributed by atoms with Crippen molar-refractivity contribution >= 4 is 12.4 Å². The number of carbonyl (C=O) groups excluding carboxylic acids is 1. The van der Waals surface area contributed by atoms with Gasteiger partial charge in [0.05, 0.1) is 37.8 Å². The predicted octanol–water partition coefficient (Wildman–Crippen LogP) is 2.32. The van der Waals surface area contributed by atoms with Crippen LogP contribution in [-0.4, -0.2) is 60.0 Å². The molecule has 2 N–H and O–H groups in total. The van der Waals surface area contributed by atoms with E-state index in [1.165, 1.54) is 11.2 Å². The van der Waals surface area contributed by atoms with Gasteiger partial charge in [-0.1, -0.05) is 0 Å². The lowest BCUT2D eigenvalue weighted by molar-refractivity contribution is 0.233. The summed E-state index contributed by atoms with van der Waals surface area (Å²) in [7, 11) is 3.55. The number of methoxy groups -OCH3 is 1. The number of ether oxygens (including phenoxy) is 1. The zero-order valence-electron chi connectivity index (χ0n) is 19.8. The topological polar surface area (TPSA) is 145 Å². The quantitative estimate of drug-likeness (QED) is 0.460. The highest BCUT2D eigenvalue weighted by Gasteiger charge is 2.18. The molecule has 3 aromatic heterocycles. The number of hydrogen-bond acceptors (Lipinski definition) is 7. The Hall–Kier alpha value is -5.18. The van der Waals surface area contributed by atoms with Crippen LogP contribution in [0.2, 0.25) is 0 Å². The molecule has 12 nitrogen and oxygen atoms in total. The van der Waals surface area contributed by atoms with Crippen molar-refractivity contribution in [1.82, 2.24) is 34.0 Å². The predicted molar refractivity (Wildman–Crippen MR) is 132 cm³/mol. The van der Waals surface area contributed by atoms with Gasteiger partial charge in [0.15, 0.2) is 0 Å². The molecule has 0 saturated carbocycles. The number of urea groups is 1. The number of nitrogens with zero attached hydrogens (tertiary/aromatic N) is 9. The molecular weight excluding hydrogens is 460 g/mol. The molecule has 0 aliphatic carbocycles. The summed E-state index contributed by atoms with van der Waals surface area (Å²) in [5, 5.41) is 18.4. The van der Waals surface area contributed by atoms with Gasteiger partial charge >= 0.3 is 6.03 Å². The number of primary amides is 1. The number of amides is 2. The van der Waals surface area contributed by atoms with Gasteiger partial charge in [0.2, 0.25) is 0 Å². The van der Waals surface area contributed by atoms with Crippen LogP contribution in [0.25, 0.3) is 16.9 Å². The third kappa shape index (κ3) is 5.31. The molecule has 0 bridgehead atoms. The van der Waals surface area contributed by atoms with Crippen molar-refractivity contribution in [3.63, 3.8) is 0 Å². The molecule has 0 spiro atoms. The van der Waals surface area contributed by atoms with E-state index in [2.05, 4.69) is 21.1 Å². The Morgan fingerprint density at radius 1 is 1.28 bits per heavy atom. The Morgan fingerprint density at radius 2 is 2.14 bits per heavy atom. The molecule has 4 heterocycles. The number of aromatic nitrogens is 6. The molecular formula is C24H24N10O2. The average molecular weight is 485 g/mol. The van der Waals surface area contributed by atoms with Crippen LogP contribution in [0, 0.1) is 11.3 Å². The van der Waals surface area contributed by atoms with Crippen molar-refractivity contribution in [2.45, 2.75) is 6.54 Å². The van der Waals surface area contributed by atoms with E-state index in [9.17, 15) is 10.1 Å². The van der Waals surface area contributed by atoms with E-state index in [1.807, 2.05) is 41.0 Å². The molecule has 4 aromatic rings. The summed E-state index contributed by atoms with van der Waals surface area (Å²) in [6.07, 6.45) is 13.9. The molecule has 0 saturated heterocycles. The van der Waals surface area contributed by atoms with Crippen LogP contribution in [0.15, 0.2) is 72.5 Å². The first-order chi connectivity index (χ1) is 17.5. The van der Waals surface area contributed by atoms with Crippen LogP contribution >= 0.6 is 0 Å². The largest absolute Gasteiger partial charge is 0.496 e. The van der Waals surface area contributed by atoms with Gasteiger partial charge in [0, 0.05) is 50.1 Å². The van der Waals surface area contributed by atoms with Gasteiger partial charge in [-0.2, -0.15) is 15.5 Å². The van der Waals surface area contributed by atoms with Crippen molar-refractivity contribution in [2.75, 3.05) is 13.7 Å². The minimum absolute atomic E-state index is 0.469. The van der Waals surface area contributed by atoms with Gasteiger partial charge in [0.1, 0.15) is 23.0 Å². The zero-order valence-corrected chi connectivity index (χ0v) is 19.8. The maximum Gasteiger partial charge on any atom is 0.320 e. The molecule has 1 aromatic carbocycles. The molecule has 5 rings (SSSR count). The fraction of sp³-hybridized carbons (Fsp3) is 0.167. The summed E-state index contributed by atoms with van der Waals surface area (Å²) in [6.45, 7) is 1.04. The first kappa shape index (κ1) is 24.0. The normalized spacial score (nSPS) is 12.1. The SMILES string of the molecule is COc1ccc(C#N)cc1-c1nn(Cc2nccn2C)cc1-n1cccn1.NC(=O)N1C=NC=CC1. The molecule has 36 heavy (non-hydrogen) atoms. The fourth-order valence-electron chi connectivity index (χ4n) is 3.45. The van der Waals surface area contributed by atoms with E-state index in [0.717, 1.165) is 17.1 Å². The molecule has 0 fully saturated rings. The molecule has 0 radical (unpaired) electrons. The molecule has 1 aliphatic rings. The molecule has 1 aliphatic heterocycles. The number of aliphatic imine (C=N–C) groups is 1. The number of carbonyl (C=O) groups is 1. The number of nitriles is 1. The average Bonchev–Trinajstić information content (AvgIpc) is 3.67. The number of imidazole rings is 1. The molecule has 12 heteroatoms. The number of rotatable bonds is 5. The van der Waals surface area contributed by atoms with Gasteiger partial charge in [0.25, 0.3) is 0 Å². The van der Waals surface area contributed by atoms with Gasteiger partial charge in [-0.3, -0.25) is 9.58 Å². The van der Waals surface area contributed by atoms with Crippen molar-refractivity contribution in [1.29, 1.82) is 5.26 Å². The van der Waals surface area contributed by atoms with Crippen LogP contribution in [0.5, 0.6) is 5.75 Å². The third-order valence-corrected chi connectivity index (χ3v) is 5.28. The smallest absolute Gasteiger partial charge is 0.320 e. The van der Waals surface area contributed by atoms with Gasteiger partial charge < -0.3 is 15.0 Å². The number of benzene rings is 1. The summed E-state index contributed by atoms with van der Waals surface area (Å²) in [5.74, 6) is 1.53. The minimum Gasteiger partial charge on any atom is -0.496 e. The lowest BCUT2D eigenvalue weighted by Crippen LogP contribution is -2.35. The monoisotopic (exact) mass is 484 g/mol. The van der Waals surface area contributed by atoms with E-state index in [4.69, 9.17) is 15.6 Å². The highest BCUT2D eigenvalue weighted by molar-refractivity contribution is 5.85. The van der Waals surface area contributed by atoms with Crippen molar-refractivity contribution < 1.29 is 9.53 Å². The van der Waals surface area contributed by atoms with E-state index in [0.29, 0.717) is 30.1 Å². The Labute approximate surface area is 207 Å². The lowest BCUT2D eigenvalue weighted by atomic mass is 10.1. The molecule has 0 unspecified atom stereocenters. The maximum absolute atomic E-state index is 10.4. The standard InChI is InChI=1S/C19H17N7O.C5H7N3O/c1-24-9-7-21-18(24)13-25-12-16(26-8-3-6-22-26)19(23-25)15-10-14(11-20)4-5-17(15)27-2;6-5(9)8-3-1-2-7-4-8/h3-10,12H,13H2,1-2H3;1-2,4H,3H2,(H2,6,9). The second-order valence-electron chi connectivity index (χ2n) is 7.63. The lowest BCUT2D eigenvalue weighted by Gasteiger charge is -2.12. The Kier molecular flexibility index (Phi) is 7.21. The minimum atomic E-state index is -0.469.